The van der Waals surface area contributed by atoms with Gasteiger partial charge in [-0.2, -0.15) is 18.4 Å². The Morgan fingerprint density at radius 3 is 2.78 bits per heavy atom. The maximum absolute atomic E-state index is 11.9. The van der Waals surface area contributed by atoms with E-state index in [0.29, 0.717) is 5.56 Å². The summed E-state index contributed by atoms with van der Waals surface area (Å²) in [6.45, 7) is 2.12. The van der Waals surface area contributed by atoms with E-state index in [1.54, 1.807) is 18.2 Å². The van der Waals surface area contributed by atoms with Crippen LogP contribution in [0.3, 0.4) is 0 Å². The minimum Gasteiger partial charge on any atom is -0.309 e. The molecule has 1 rings (SSSR count). The molecular weight excluding hydrogens is 261 g/mol. The molecule has 0 saturated carbocycles. The molecule has 0 heterocycles. The van der Waals surface area contributed by atoms with Gasteiger partial charge in [-0.25, -0.2) is 0 Å². The SMILES string of the molecule is CC(NCCSC(F)(F)F)c1cccc(C#N)c1. The number of benzene rings is 1. The first-order valence-corrected chi connectivity index (χ1v) is 6.35. The lowest BCUT2D eigenvalue weighted by Crippen LogP contribution is -2.22. The van der Waals surface area contributed by atoms with Crippen LogP contribution in [0.15, 0.2) is 24.3 Å². The van der Waals surface area contributed by atoms with Gasteiger partial charge >= 0.3 is 5.51 Å². The largest absolute Gasteiger partial charge is 0.441 e. The van der Waals surface area contributed by atoms with Crippen molar-refractivity contribution >= 4 is 11.8 Å². The highest BCUT2D eigenvalue weighted by atomic mass is 32.2. The molecule has 0 spiro atoms. The van der Waals surface area contributed by atoms with Gasteiger partial charge < -0.3 is 5.32 Å². The fourth-order valence-electron chi connectivity index (χ4n) is 1.44. The summed E-state index contributed by atoms with van der Waals surface area (Å²) in [5.41, 5.74) is -2.73. The van der Waals surface area contributed by atoms with Gasteiger partial charge in [0.25, 0.3) is 0 Å². The number of nitrogens with one attached hydrogen (secondary N) is 1. The summed E-state index contributed by atoms with van der Waals surface area (Å²) in [5, 5.41) is 11.7. The van der Waals surface area contributed by atoms with Crippen LogP contribution in [0.2, 0.25) is 0 Å². The molecule has 0 aromatic heterocycles. The van der Waals surface area contributed by atoms with Crippen molar-refractivity contribution in [1.29, 1.82) is 5.26 Å². The van der Waals surface area contributed by atoms with Crippen molar-refractivity contribution in [2.24, 2.45) is 0 Å². The fourth-order valence-corrected chi connectivity index (χ4v) is 1.89. The Hall–Kier alpha value is -1.19. The van der Waals surface area contributed by atoms with Gasteiger partial charge in [-0.05, 0) is 36.4 Å². The summed E-state index contributed by atoms with van der Waals surface area (Å²) in [7, 11) is 0. The van der Waals surface area contributed by atoms with Crippen molar-refractivity contribution in [2.75, 3.05) is 12.3 Å². The van der Waals surface area contributed by atoms with Gasteiger partial charge in [-0.3, -0.25) is 0 Å². The van der Waals surface area contributed by atoms with E-state index < -0.39 is 5.51 Å². The van der Waals surface area contributed by atoms with E-state index in [0.717, 1.165) is 5.56 Å². The summed E-state index contributed by atoms with van der Waals surface area (Å²) in [4.78, 5) is 0. The minimum atomic E-state index is -4.17. The Labute approximate surface area is 108 Å². The Bertz CT molecular complexity index is 426. The van der Waals surface area contributed by atoms with E-state index in [-0.39, 0.29) is 30.1 Å². The van der Waals surface area contributed by atoms with Gasteiger partial charge in [-0.15, -0.1) is 0 Å². The molecule has 0 aliphatic carbocycles. The fraction of sp³-hybridized carbons (Fsp3) is 0.417. The number of hydrogen-bond donors (Lipinski definition) is 1. The molecule has 0 amide bonds. The molecule has 0 fully saturated rings. The first-order chi connectivity index (χ1) is 8.42. The third kappa shape index (κ3) is 5.43. The third-order valence-electron chi connectivity index (χ3n) is 2.33. The molecule has 18 heavy (non-hydrogen) atoms. The van der Waals surface area contributed by atoms with Gasteiger partial charge in [0.2, 0.25) is 0 Å². The normalized spacial score (nSPS) is 13.1. The lowest BCUT2D eigenvalue weighted by molar-refractivity contribution is -0.0327. The number of nitriles is 1. The Balaban J connectivity index is 2.41. The van der Waals surface area contributed by atoms with Crippen LogP contribution in [-0.2, 0) is 0 Å². The predicted octanol–water partition coefficient (Wildman–Crippen LogP) is 3.46. The second kappa shape index (κ2) is 6.66. The molecule has 0 bridgehead atoms. The topological polar surface area (TPSA) is 35.8 Å². The number of rotatable bonds is 5. The molecule has 2 nitrogen and oxygen atoms in total. The van der Waals surface area contributed by atoms with Crippen LogP contribution in [0.5, 0.6) is 0 Å². The smallest absolute Gasteiger partial charge is 0.309 e. The van der Waals surface area contributed by atoms with E-state index in [1.807, 2.05) is 19.1 Å². The van der Waals surface area contributed by atoms with Gasteiger partial charge in [0.05, 0.1) is 11.6 Å². The zero-order valence-electron chi connectivity index (χ0n) is 9.79. The molecule has 1 aromatic carbocycles. The summed E-state index contributed by atoms with van der Waals surface area (Å²) in [5.74, 6) is -0.0220. The van der Waals surface area contributed by atoms with E-state index in [2.05, 4.69) is 5.32 Å². The monoisotopic (exact) mass is 274 g/mol. The third-order valence-corrected chi connectivity index (χ3v) is 3.07. The maximum atomic E-state index is 11.9. The molecule has 0 aliphatic rings. The van der Waals surface area contributed by atoms with Crippen LogP contribution < -0.4 is 5.32 Å². The van der Waals surface area contributed by atoms with Crippen LogP contribution >= 0.6 is 11.8 Å². The first kappa shape index (κ1) is 14.9. The highest BCUT2D eigenvalue weighted by Gasteiger charge is 2.27. The van der Waals surface area contributed by atoms with Gasteiger partial charge in [0.15, 0.2) is 0 Å². The molecule has 1 N–H and O–H groups in total. The molecule has 0 aliphatic heterocycles. The predicted molar refractivity (Wildman–Crippen MR) is 66.1 cm³/mol. The summed E-state index contributed by atoms with van der Waals surface area (Å²) >= 11 is -0.0364. The van der Waals surface area contributed by atoms with Crippen molar-refractivity contribution in [2.45, 2.75) is 18.5 Å². The van der Waals surface area contributed by atoms with E-state index >= 15 is 0 Å². The van der Waals surface area contributed by atoms with Crippen LogP contribution in [0.1, 0.15) is 24.1 Å². The lowest BCUT2D eigenvalue weighted by atomic mass is 10.1. The van der Waals surface area contributed by atoms with Gasteiger partial charge in [-0.1, -0.05) is 12.1 Å². The number of halogens is 3. The Morgan fingerprint density at radius 2 is 2.17 bits per heavy atom. The highest BCUT2D eigenvalue weighted by molar-refractivity contribution is 8.00. The van der Waals surface area contributed by atoms with Gasteiger partial charge in [0, 0.05) is 18.3 Å². The van der Waals surface area contributed by atoms with Crippen molar-refractivity contribution in [3.8, 4) is 6.07 Å². The zero-order valence-corrected chi connectivity index (χ0v) is 10.6. The highest BCUT2D eigenvalue weighted by Crippen LogP contribution is 2.29. The number of hydrogen-bond acceptors (Lipinski definition) is 3. The average molecular weight is 274 g/mol. The Kier molecular flexibility index (Phi) is 5.51. The quantitative estimate of drug-likeness (QED) is 0.835. The van der Waals surface area contributed by atoms with E-state index in [1.165, 1.54) is 0 Å². The molecule has 1 unspecified atom stereocenters. The standard InChI is InChI=1S/C12H13F3N2S/c1-9(17-5-6-18-12(13,14)15)11-4-2-3-10(7-11)8-16/h2-4,7,9,17H,5-6H2,1H3. The lowest BCUT2D eigenvalue weighted by Gasteiger charge is -2.14. The van der Waals surface area contributed by atoms with Crippen LogP contribution in [0.4, 0.5) is 13.2 Å². The summed E-state index contributed by atoms with van der Waals surface area (Å²) in [6.07, 6.45) is 0. The van der Waals surface area contributed by atoms with Gasteiger partial charge in [0.1, 0.15) is 0 Å². The molecule has 98 valence electrons. The second-order valence-corrected chi connectivity index (χ2v) is 4.87. The molecule has 1 atom stereocenters. The summed E-state index contributed by atoms with van der Waals surface area (Å²) in [6, 6.07) is 8.98. The molecule has 0 radical (unpaired) electrons. The minimum absolute atomic E-state index is 0.0220. The molecular formula is C12H13F3N2S. The van der Waals surface area contributed by atoms with Crippen molar-refractivity contribution in [1.82, 2.24) is 5.32 Å². The number of nitrogens with zero attached hydrogens (tertiary/aromatic N) is 1. The maximum Gasteiger partial charge on any atom is 0.441 e. The van der Waals surface area contributed by atoms with Crippen LogP contribution in [0.25, 0.3) is 0 Å². The number of alkyl halides is 3. The average Bonchev–Trinajstić information content (AvgIpc) is 2.33. The van der Waals surface area contributed by atoms with Crippen molar-refractivity contribution in [3.63, 3.8) is 0 Å². The zero-order chi connectivity index (χ0) is 13.6. The molecule has 0 saturated heterocycles. The van der Waals surface area contributed by atoms with E-state index in [4.69, 9.17) is 5.26 Å². The summed E-state index contributed by atoms with van der Waals surface area (Å²) < 4.78 is 35.7. The van der Waals surface area contributed by atoms with Crippen LogP contribution in [0, 0.1) is 11.3 Å². The van der Waals surface area contributed by atoms with Crippen molar-refractivity contribution < 1.29 is 13.2 Å². The van der Waals surface area contributed by atoms with Crippen LogP contribution in [-0.4, -0.2) is 17.8 Å². The van der Waals surface area contributed by atoms with E-state index in [9.17, 15) is 13.2 Å². The second-order valence-electron chi connectivity index (χ2n) is 3.71. The molecule has 6 heteroatoms. The molecule has 1 aromatic rings. The first-order valence-electron chi connectivity index (χ1n) is 5.36. The Morgan fingerprint density at radius 1 is 1.44 bits per heavy atom. The number of thioether (sulfide) groups is 1. The van der Waals surface area contributed by atoms with Crippen molar-refractivity contribution in [3.05, 3.63) is 35.4 Å².